The zero-order chi connectivity index (χ0) is 13.8. The fourth-order valence-corrected chi connectivity index (χ4v) is 3.44. The van der Waals surface area contributed by atoms with Gasteiger partial charge in [-0.3, -0.25) is 0 Å². The van der Waals surface area contributed by atoms with Crippen LogP contribution in [0.3, 0.4) is 0 Å². The molecule has 1 aromatic rings. The third-order valence-corrected chi connectivity index (χ3v) is 4.71. The maximum Gasteiger partial charge on any atom is 0.0425 e. The van der Waals surface area contributed by atoms with Crippen molar-refractivity contribution in [1.29, 1.82) is 0 Å². The highest BCUT2D eigenvalue weighted by atomic mass is 79.9. The summed E-state index contributed by atoms with van der Waals surface area (Å²) >= 11 is 3.61. The Hall–Kier alpha value is -0.540. The molecule has 1 saturated carbocycles. The van der Waals surface area contributed by atoms with Gasteiger partial charge in [0.15, 0.2) is 0 Å². The topological polar surface area (TPSA) is 15.3 Å². The molecule has 1 atom stereocenters. The predicted octanol–water partition coefficient (Wildman–Crippen LogP) is 4.50. The largest absolute Gasteiger partial charge is 0.371 e. The number of halogens is 1. The third-order valence-electron chi connectivity index (χ3n) is 4.22. The van der Waals surface area contributed by atoms with Crippen LogP contribution in [0, 0.1) is 0 Å². The molecule has 2 nitrogen and oxygen atoms in total. The second-order valence-corrected chi connectivity index (χ2v) is 6.45. The fraction of sp³-hybridized carbons (Fsp3) is 0.625. The lowest BCUT2D eigenvalue weighted by atomic mass is 10.0. The average molecular weight is 325 g/mol. The van der Waals surface area contributed by atoms with Gasteiger partial charge >= 0.3 is 0 Å². The van der Waals surface area contributed by atoms with E-state index in [0.717, 1.165) is 6.54 Å². The molecule has 0 spiro atoms. The first kappa shape index (κ1) is 14.9. The minimum Gasteiger partial charge on any atom is -0.371 e. The first-order valence-corrected chi connectivity index (χ1v) is 8.18. The molecule has 1 unspecified atom stereocenters. The van der Waals surface area contributed by atoms with Crippen molar-refractivity contribution in [3.63, 3.8) is 0 Å². The van der Waals surface area contributed by atoms with Crippen LogP contribution in [0.15, 0.2) is 22.7 Å². The van der Waals surface area contributed by atoms with E-state index >= 15 is 0 Å². The van der Waals surface area contributed by atoms with Gasteiger partial charge in [-0.05, 0) is 44.0 Å². The fourth-order valence-electron chi connectivity index (χ4n) is 3.09. The van der Waals surface area contributed by atoms with Crippen LogP contribution in [0.25, 0.3) is 0 Å². The van der Waals surface area contributed by atoms with Gasteiger partial charge in [0.05, 0.1) is 0 Å². The molecule has 0 radical (unpaired) electrons. The van der Waals surface area contributed by atoms with E-state index in [1.54, 1.807) is 0 Å². The second kappa shape index (κ2) is 6.76. The molecule has 1 N–H and O–H groups in total. The Labute approximate surface area is 125 Å². The zero-order valence-electron chi connectivity index (χ0n) is 12.2. The van der Waals surface area contributed by atoms with Gasteiger partial charge in [-0.2, -0.15) is 0 Å². The van der Waals surface area contributed by atoms with E-state index in [0.29, 0.717) is 12.1 Å². The molecule has 0 amide bonds. The molecule has 19 heavy (non-hydrogen) atoms. The zero-order valence-corrected chi connectivity index (χ0v) is 13.8. The summed E-state index contributed by atoms with van der Waals surface area (Å²) in [7, 11) is 2.25. The molecule has 1 aromatic carbocycles. The van der Waals surface area contributed by atoms with Gasteiger partial charge in [0.25, 0.3) is 0 Å². The van der Waals surface area contributed by atoms with Gasteiger partial charge in [0, 0.05) is 29.3 Å². The van der Waals surface area contributed by atoms with Gasteiger partial charge < -0.3 is 10.2 Å². The first-order chi connectivity index (χ1) is 9.13. The molecule has 2 rings (SSSR count). The van der Waals surface area contributed by atoms with Crippen molar-refractivity contribution in [3.8, 4) is 0 Å². The van der Waals surface area contributed by atoms with Crippen LogP contribution in [0.4, 0.5) is 5.69 Å². The summed E-state index contributed by atoms with van der Waals surface area (Å²) in [6, 6.07) is 7.77. The van der Waals surface area contributed by atoms with E-state index in [2.05, 4.69) is 65.2 Å². The molecular weight excluding hydrogens is 300 g/mol. The van der Waals surface area contributed by atoms with Crippen LogP contribution >= 0.6 is 15.9 Å². The quantitative estimate of drug-likeness (QED) is 0.857. The Balaban J connectivity index is 2.27. The van der Waals surface area contributed by atoms with Crippen LogP contribution in [-0.2, 0) is 0 Å². The van der Waals surface area contributed by atoms with Crippen LogP contribution in [0.5, 0.6) is 0 Å². The second-order valence-electron chi connectivity index (χ2n) is 5.53. The van der Waals surface area contributed by atoms with Crippen molar-refractivity contribution < 1.29 is 0 Å². The number of hydrogen-bond donors (Lipinski definition) is 1. The molecule has 0 saturated heterocycles. The highest BCUT2D eigenvalue weighted by Crippen LogP contribution is 2.33. The Kier molecular flexibility index (Phi) is 5.28. The summed E-state index contributed by atoms with van der Waals surface area (Å²) in [5.41, 5.74) is 2.77. The molecule has 3 heteroatoms. The predicted molar refractivity (Wildman–Crippen MR) is 86.9 cm³/mol. The SMILES string of the molecule is CCNC(C)c1ccc(Br)cc1N(C)C1CCCC1. The highest BCUT2D eigenvalue weighted by molar-refractivity contribution is 9.10. The first-order valence-electron chi connectivity index (χ1n) is 7.39. The summed E-state index contributed by atoms with van der Waals surface area (Å²) in [5.74, 6) is 0. The Morgan fingerprint density at radius 2 is 2.05 bits per heavy atom. The average Bonchev–Trinajstić information content (AvgIpc) is 2.91. The van der Waals surface area contributed by atoms with Gasteiger partial charge in [0.2, 0.25) is 0 Å². The monoisotopic (exact) mass is 324 g/mol. The minimum absolute atomic E-state index is 0.400. The molecule has 1 fully saturated rings. The van der Waals surface area contributed by atoms with E-state index < -0.39 is 0 Å². The van der Waals surface area contributed by atoms with E-state index in [1.165, 1.54) is 41.4 Å². The third kappa shape index (κ3) is 3.51. The minimum atomic E-state index is 0.400. The Bertz CT molecular complexity index is 413. The van der Waals surface area contributed by atoms with Crippen molar-refractivity contribution in [2.75, 3.05) is 18.5 Å². The lowest BCUT2D eigenvalue weighted by Crippen LogP contribution is -2.31. The van der Waals surface area contributed by atoms with Crippen molar-refractivity contribution >= 4 is 21.6 Å². The number of hydrogen-bond acceptors (Lipinski definition) is 2. The molecule has 0 aromatic heterocycles. The molecule has 0 bridgehead atoms. The molecule has 1 aliphatic carbocycles. The number of nitrogens with zero attached hydrogens (tertiary/aromatic N) is 1. The molecule has 1 aliphatic rings. The van der Waals surface area contributed by atoms with Crippen LogP contribution in [-0.4, -0.2) is 19.6 Å². The van der Waals surface area contributed by atoms with E-state index in [-0.39, 0.29) is 0 Å². The number of nitrogens with one attached hydrogen (secondary N) is 1. The summed E-state index contributed by atoms with van der Waals surface area (Å²) in [4.78, 5) is 2.49. The Morgan fingerprint density at radius 3 is 2.68 bits per heavy atom. The molecular formula is C16H25BrN2. The maximum absolute atomic E-state index is 3.61. The molecule has 0 aliphatic heterocycles. The van der Waals surface area contributed by atoms with Crippen LogP contribution in [0.2, 0.25) is 0 Å². The normalized spacial score (nSPS) is 17.7. The Morgan fingerprint density at radius 1 is 1.37 bits per heavy atom. The molecule has 0 heterocycles. The molecule has 106 valence electrons. The van der Waals surface area contributed by atoms with E-state index in [9.17, 15) is 0 Å². The number of benzene rings is 1. The highest BCUT2D eigenvalue weighted by Gasteiger charge is 2.22. The number of rotatable bonds is 5. The lowest BCUT2D eigenvalue weighted by Gasteiger charge is -2.30. The van der Waals surface area contributed by atoms with Gasteiger partial charge in [0.1, 0.15) is 0 Å². The van der Waals surface area contributed by atoms with Crippen LogP contribution in [0.1, 0.15) is 51.1 Å². The van der Waals surface area contributed by atoms with Crippen molar-refractivity contribution in [1.82, 2.24) is 5.32 Å². The van der Waals surface area contributed by atoms with Crippen molar-refractivity contribution in [2.24, 2.45) is 0 Å². The van der Waals surface area contributed by atoms with E-state index in [4.69, 9.17) is 0 Å². The maximum atomic E-state index is 3.61. The summed E-state index contributed by atoms with van der Waals surface area (Å²) in [6.07, 6.45) is 5.41. The van der Waals surface area contributed by atoms with Crippen LogP contribution < -0.4 is 10.2 Å². The number of anilines is 1. The summed E-state index contributed by atoms with van der Waals surface area (Å²) in [6.45, 7) is 5.41. The van der Waals surface area contributed by atoms with Crippen molar-refractivity contribution in [3.05, 3.63) is 28.2 Å². The standard InChI is InChI=1S/C16H25BrN2/c1-4-18-12(2)15-10-9-13(17)11-16(15)19(3)14-7-5-6-8-14/h9-12,14,18H,4-8H2,1-3H3. The van der Waals surface area contributed by atoms with E-state index in [1.807, 2.05) is 0 Å². The summed E-state index contributed by atoms with van der Waals surface area (Å²) in [5, 5.41) is 3.53. The van der Waals surface area contributed by atoms with Gasteiger partial charge in [-0.1, -0.05) is 41.8 Å². The van der Waals surface area contributed by atoms with Crippen molar-refractivity contribution in [2.45, 2.75) is 51.6 Å². The smallest absolute Gasteiger partial charge is 0.0425 e. The van der Waals surface area contributed by atoms with Gasteiger partial charge in [-0.25, -0.2) is 0 Å². The summed E-state index contributed by atoms with van der Waals surface area (Å²) < 4.78 is 1.17. The van der Waals surface area contributed by atoms with Gasteiger partial charge in [-0.15, -0.1) is 0 Å². The lowest BCUT2D eigenvalue weighted by molar-refractivity contribution is 0.589.